The van der Waals surface area contributed by atoms with Crippen LogP contribution in [0.2, 0.25) is 0 Å². The molecule has 0 aliphatic carbocycles. The zero-order valence-corrected chi connectivity index (χ0v) is 18.8. The van der Waals surface area contributed by atoms with Crippen molar-refractivity contribution in [3.05, 3.63) is 90.0 Å². The minimum absolute atomic E-state index is 0.0632. The molecule has 170 valence electrons. The van der Waals surface area contributed by atoms with Crippen LogP contribution in [0.4, 0.5) is 4.39 Å². The van der Waals surface area contributed by atoms with Gasteiger partial charge in [0.15, 0.2) is 0 Å². The maximum Gasteiger partial charge on any atom is 0.228 e. The Morgan fingerprint density at radius 2 is 1.97 bits per heavy atom. The molecule has 33 heavy (non-hydrogen) atoms. The molecule has 2 heterocycles. The summed E-state index contributed by atoms with van der Waals surface area (Å²) >= 11 is 0. The molecule has 1 fully saturated rings. The number of aromatic nitrogens is 1. The average molecular weight is 446 g/mol. The summed E-state index contributed by atoms with van der Waals surface area (Å²) in [6.45, 7) is 0.930. The molecular weight excluding hydrogens is 417 g/mol. The molecule has 0 unspecified atom stereocenters. The highest BCUT2D eigenvalue weighted by Crippen LogP contribution is 2.37. The number of amides is 2. The van der Waals surface area contributed by atoms with Gasteiger partial charge in [0.1, 0.15) is 5.82 Å². The first-order chi connectivity index (χ1) is 16.0. The summed E-state index contributed by atoms with van der Waals surface area (Å²) < 4.78 is 13.6. The molecule has 0 spiro atoms. The van der Waals surface area contributed by atoms with E-state index < -0.39 is 5.41 Å². The second kappa shape index (κ2) is 9.94. The maximum atomic E-state index is 13.6. The van der Waals surface area contributed by atoms with Crippen LogP contribution in [0.15, 0.2) is 73.1 Å². The summed E-state index contributed by atoms with van der Waals surface area (Å²) in [6, 6.07) is 18.1. The molecule has 1 saturated heterocycles. The third-order valence-corrected chi connectivity index (χ3v) is 6.40. The summed E-state index contributed by atoms with van der Waals surface area (Å²) in [4.78, 5) is 32.3. The fourth-order valence-corrected chi connectivity index (χ4v) is 4.80. The molecule has 1 aliphatic rings. The summed E-state index contributed by atoms with van der Waals surface area (Å²) in [6.07, 6.45) is 5.62. The minimum atomic E-state index is -0.733. The molecule has 5 nitrogen and oxygen atoms in total. The summed E-state index contributed by atoms with van der Waals surface area (Å²) in [5.74, 6) is -0.508. The number of carbonyl (C=O) groups is 2. The SMILES string of the molecule is CNC(=O)[C@@]1(Cc2ccccc2-c2cccnc2)CCCN(C(=O)Cc2cccc(F)c2)C1. The van der Waals surface area contributed by atoms with Crippen LogP contribution in [0, 0.1) is 11.2 Å². The van der Waals surface area contributed by atoms with E-state index in [1.54, 1.807) is 30.3 Å². The summed E-state index contributed by atoms with van der Waals surface area (Å²) in [5.41, 5.74) is 2.99. The second-order valence-electron chi connectivity index (χ2n) is 8.66. The van der Waals surface area contributed by atoms with Gasteiger partial charge in [0.2, 0.25) is 11.8 Å². The van der Waals surface area contributed by atoms with E-state index in [0.29, 0.717) is 31.5 Å². The highest BCUT2D eigenvalue weighted by Gasteiger charge is 2.43. The molecule has 2 aromatic carbocycles. The average Bonchev–Trinajstić information content (AvgIpc) is 2.84. The van der Waals surface area contributed by atoms with E-state index >= 15 is 0 Å². The van der Waals surface area contributed by atoms with Crippen molar-refractivity contribution < 1.29 is 14.0 Å². The van der Waals surface area contributed by atoms with Crippen molar-refractivity contribution in [3.8, 4) is 11.1 Å². The van der Waals surface area contributed by atoms with Crippen molar-refractivity contribution in [3.63, 3.8) is 0 Å². The molecule has 1 aliphatic heterocycles. The number of rotatable bonds is 6. The van der Waals surface area contributed by atoms with Gasteiger partial charge in [-0.1, -0.05) is 42.5 Å². The first-order valence-electron chi connectivity index (χ1n) is 11.2. The molecular formula is C27H28FN3O2. The molecule has 6 heteroatoms. The van der Waals surface area contributed by atoms with E-state index in [-0.39, 0.29) is 24.1 Å². The highest BCUT2D eigenvalue weighted by molar-refractivity contribution is 5.85. The lowest BCUT2D eigenvalue weighted by Crippen LogP contribution is -2.54. The summed E-state index contributed by atoms with van der Waals surface area (Å²) in [7, 11) is 1.64. The van der Waals surface area contributed by atoms with E-state index in [9.17, 15) is 14.0 Å². The van der Waals surface area contributed by atoms with Crippen LogP contribution >= 0.6 is 0 Å². The molecule has 0 saturated carbocycles. The second-order valence-corrected chi connectivity index (χ2v) is 8.66. The van der Waals surface area contributed by atoms with E-state index in [1.807, 2.05) is 42.6 Å². The number of pyridine rings is 1. The fraction of sp³-hybridized carbons (Fsp3) is 0.296. The molecule has 0 bridgehead atoms. The number of likely N-dealkylation sites (tertiary alicyclic amines) is 1. The van der Waals surface area contributed by atoms with E-state index in [1.165, 1.54) is 12.1 Å². The lowest BCUT2D eigenvalue weighted by Gasteiger charge is -2.42. The van der Waals surface area contributed by atoms with Gasteiger partial charge in [0.05, 0.1) is 11.8 Å². The molecule has 4 rings (SSSR count). The Kier molecular flexibility index (Phi) is 6.82. The Bertz CT molecular complexity index is 1130. The van der Waals surface area contributed by atoms with E-state index in [4.69, 9.17) is 0 Å². The van der Waals surface area contributed by atoms with Crippen LogP contribution in [0.5, 0.6) is 0 Å². The Morgan fingerprint density at radius 3 is 2.73 bits per heavy atom. The van der Waals surface area contributed by atoms with Crippen molar-refractivity contribution in [1.82, 2.24) is 15.2 Å². The zero-order chi connectivity index (χ0) is 23.3. The van der Waals surface area contributed by atoms with Gasteiger partial charge < -0.3 is 10.2 Å². The fourth-order valence-electron chi connectivity index (χ4n) is 4.80. The first-order valence-corrected chi connectivity index (χ1v) is 11.2. The summed E-state index contributed by atoms with van der Waals surface area (Å²) in [5, 5.41) is 2.83. The molecule has 1 N–H and O–H groups in total. The highest BCUT2D eigenvalue weighted by atomic mass is 19.1. The van der Waals surface area contributed by atoms with Crippen LogP contribution in [-0.2, 0) is 22.4 Å². The van der Waals surface area contributed by atoms with E-state index in [2.05, 4.69) is 10.3 Å². The molecule has 0 radical (unpaired) electrons. The standard InChI is InChI=1S/C27H28FN3O2/c1-29-26(33)27(17-21-8-2-3-11-24(21)22-9-5-13-30-18-22)12-6-14-31(19-27)25(32)16-20-7-4-10-23(28)15-20/h2-5,7-11,13,15,18H,6,12,14,16-17,19H2,1H3,(H,29,33)/t27-/m1/s1. The molecule has 1 atom stereocenters. The quantitative estimate of drug-likeness (QED) is 0.623. The topological polar surface area (TPSA) is 62.3 Å². The van der Waals surface area contributed by atoms with Crippen LogP contribution in [0.25, 0.3) is 11.1 Å². The number of carbonyl (C=O) groups excluding carboxylic acids is 2. The number of nitrogens with one attached hydrogen (secondary N) is 1. The predicted octanol–water partition coefficient (Wildman–Crippen LogP) is 4.03. The smallest absolute Gasteiger partial charge is 0.228 e. The molecule has 2 amide bonds. The van der Waals surface area contributed by atoms with Gasteiger partial charge in [-0.15, -0.1) is 0 Å². The van der Waals surface area contributed by atoms with Crippen LogP contribution < -0.4 is 5.32 Å². The largest absolute Gasteiger partial charge is 0.359 e. The van der Waals surface area contributed by atoms with Gasteiger partial charge in [-0.3, -0.25) is 14.6 Å². The van der Waals surface area contributed by atoms with Crippen molar-refractivity contribution >= 4 is 11.8 Å². The van der Waals surface area contributed by atoms with Crippen molar-refractivity contribution in [2.24, 2.45) is 5.41 Å². The Balaban J connectivity index is 1.60. The Morgan fingerprint density at radius 1 is 1.12 bits per heavy atom. The van der Waals surface area contributed by atoms with Gasteiger partial charge >= 0.3 is 0 Å². The van der Waals surface area contributed by atoms with Crippen molar-refractivity contribution in [2.75, 3.05) is 20.1 Å². The van der Waals surface area contributed by atoms with E-state index in [0.717, 1.165) is 23.1 Å². The van der Waals surface area contributed by atoms with Crippen LogP contribution in [-0.4, -0.2) is 41.8 Å². The number of piperidine rings is 1. The maximum absolute atomic E-state index is 13.6. The van der Waals surface area contributed by atoms with Crippen molar-refractivity contribution in [1.29, 1.82) is 0 Å². The van der Waals surface area contributed by atoms with Crippen molar-refractivity contribution in [2.45, 2.75) is 25.7 Å². The third kappa shape index (κ3) is 5.11. The third-order valence-electron chi connectivity index (χ3n) is 6.40. The van der Waals surface area contributed by atoms with Crippen LogP contribution in [0.3, 0.4) is 0 Å². The predicted molar refractivity (Wildman–Crippen MR) is 126 cm³/mol. The van der Waals surface area contributed by atoms with Gasteiger partial charge in [0, 0.05) is 38.1 Å². The number of hydrogen-bond acceptors (Lipinski definition) is 3. The Labute approximate surface area is 193 Å². The molecule has 3 aromatic rings. The number of nitrogens with zero attached hydrogens (tertiary/aromatic N) is 2. The van der Waals surface area contributed by atoms with Gasteiger partial charge in [-0.2, -0.15) is 0 Å². The first kappa shape index (κ1) is 22.6. The number of benzene rings is 2. The number of halogens is 1. The lowest BCUT2D eigenvalue weighted by atomic mass is 9.73. The monoisotopic (exact) mass is 445 g/mol. The van der Waals surface area contributed by atoms with Gasteiger partial charge in [-0.25, -0.2) is 4.39 Å². The molecule has 1 aromatic heterocycles. The van der Waals surface area contributed by atoms with Gasteiger partial charge in [-0.05, 0) is 54.2 Å². The normalized spacial score (nSPS) is 18.1. The zero-order valence-electron chi connectivity index (χ0n) is 18.8. The lowest BCUT2D eigenvalue weighted by molar-refractivity contribution is -0.141. The number of hydrogen-bond donors (Lipinski definition) is 1. The Hall–Kier alpha value is -3.54. The van der Waals surface area contributed by atoms with Gasteiger partial charge in [0.25, 0.3) is 0 Å². The minimum Gasteiger partial charge on any atom is -0.359 e. The van der Waals surface area contributed by atoms with Crippen LogP contribution in [0.1, 0.15) is 24.0 Å².